The highest BCUT2D eigenvalue weighted by Crippen LogP contribution is 2.24. The second-order valence-electron chi connectivity index (χ2n) is 7.20. The molecular weight excluding hydrogens is 342 g/mol. The second kappa shape index (κ2) is 9.19. The van der Waals surface area contributed by atoms with Crippen molar-refractivity contribution in [1.29, 1.82) is 0 Å². The molecule has 2 rings (SSSR count). The van der Waals surface area contributed by atoms with E-state index in [1.54, 1.807) is 24.3 Å². The summed E-state index contributed by atoms with van der Waals surface area (Å²) in [6, 6.07) is 14.5. The topological polar surface area (TPSA) is 93.4 Å². The third kappa shape index (κ3) is 6.11. The maximum absolute atomic E-state index is 12.2. The number of para-hydroxylation sites is 1. The minimum Gasteiger partial charge on any atom is -0.484 e. The lowest BCUT2D eigenvalue weighted by Gasteiger charge is -2.19. The van der Waals surface area contributed by atoms with Gasteiger partial charge in [-0.2, -0.15) is 0 Å². The fourth-order valence-corrected chi connectivity index (χ4v) is 2.46. The third-order valence-electron chi connectivity index (χ3n) is 3.97. The van der Waals surface area contributed by atoms with Crippen LogP contribution in [0.5, 0.6) is 5.75 Å². The lowest BCUT2D eigenvalue weighted by Crippen LogP contribution is -2.30. The van der Waals surface area contributed by atoms with Gasteiger partial charge in [0.1, 0.15) is 5.75 Å². The van der Waals surface area contributed by atoms with Gasteiger partial charge in [0.05, 0.1) is 11.3 Å². The molecule has 0 radical (unpaired) electrons. The number of rotatable bonds is 7. The van der Waals surface area contributed by atoms with Crippen LogP contribution < -0.4 is 21.1 Å². The Morgan fingerprint density at radius 1 is 1.04 bits per heavy atom. The van der Waals surface area contributed by atoms with Crippen molar-refractivity contribution in [1.82, 2.24) is 5.32 Å². The van der Waals surface area contributed by atoms with Crippen LogP contribution >= 0.6 is 0 Å². The molecule has 2 amide bonds. The summed E-state index contributed by atoms with van der Waals surface area (Å²) in [6.07, 6.45) is 0. The summed E-state index contributed by atoms with van der Waals surface area (Å²) in [5, 5.41) is 5.41. The van der Waals surface area contributed by atoms with E-state index in [4.69, 9.17) is 10.5 Å². The van der Waals surface area contributed by atoms with Crippen LogP contribution in [0.1, 0.15) is 36.7 Å². The number of carbonyl (C=O) groups excluding carboxylic acids is 2. The molecule has 2 aromatic rings. The molecule has 0 aliphatic heterocycles. The zero-order valence-corrected chi connectivity index (χ0v) is 16.0. The van der Waals surface area contributed by atoms with E-state index in [1.807, 2.05) is 24.3 Å². The van der Waals surface area contributed by atoms with Gasteiger partial charge in [0.15, 0.2) is 6.61 Å². The third-order valence-corrected chi connectivity index (χ3v) is 3.97. The molecule has 4 N–H and O–H groups in total. The molecule has 2 aromatic carbocycles. The van der Waals surface area contributed by atoms with Crippen LogP contribution in [0.3, 0.4) is 0 Å². The Bertz CT molecular complexity index is 780. The van der Waals surface area contributed by atoms with Crippen LogP contribution in [-0.4, -0.2) is 31.5 Å². The van der Waals surface area contributed by atoms with Gasteiger partial charge < -0.3 is 21.1 Å². The summed E-state index contributed by atoms with van der Waals surface area (Å²) in [5.41, 5.74) is 7.47. The van der Waals surface area contributed by atoms with Gasteiger partial charge in [-0.25, -0.2) is 0 Å². The largest absolute Gasteiger partial charge is 0.484 e. The van der Waals surface area contributed by atoms with Gasteiger partial charge in [-0.05, 0) is 35.2 Å². The van der Waals surface area contributed by atoms with E-state index in [1.165, 1.54) is 5.56 Å². The first-order valence-electron chi connectivity index (χ1n) is 8.92. The molecule has 27 heavy (non-hydrogen) atoms. The summed E-state index contributed by atoms with van der Waals surface area (Å²) in [4.78, 5) is 24.4. The number of carbonyl (C=O) groups is 2. The van der Waals surface area contributed by atoms with Crippen molar-refractivity contribution in [3.8, 4) is 5.75 Å². The molecule has 0 unspecified atom stereocenters. The van der Waals surface area contributed by atoms with Crippen molar-refractivity contribution >= 4 is 17.5 Å². The van der Waals surface area contributed by atoms with Crippen molar-refractivity contribution in [2.75, 3.05) is 25.0 Å². The van der Waals surface area contributed by atoms with Gasteiger partial charge in [0, 0.05) is 13.1 Å². The van der Waals surface area contributed by atoms with Crippen molar-refractivity contribution < 1.29 is 14.3 Å². The Hall–Kier alpha value is -2.86. The van der Waals surface area contributed by atoms with E-state index < -0.39 is 0 Å². The Balaban J connectivity index is 1.95. The summed E-state index contributed by atoms with van der Waals surface area (Å²) in [5.74, 6) is -0.00358. The Kier molecular flexibility index (Phi) is 6.96. The first kappa shape index (κ1) is 20.5. The van der Waals surface area contributed by atoms with E-state index in [9.17, 15) is 9.59 Å². The first-order valence-corrected chi connectivity index (χ1v) is 8.92. The van der Waals surface area contributed by atoms with Gasteiger partial charge in [-0.15, -0.1) is 0 Å². The summed E-state index contributed by atoms with van der Waals surface area (Å²) in [6.45, 7) is 6.98. The highest BCUT2D eigenvalue weighted by molar-refractivity contribution is 6.04. The molecule has 0 bridgehead atoms. The smallest absolute Gasteiger partial charge is 0.262 e. The first-order chi connectivity index (χ1) is 12.8. The number of nitrogens with one attached hydrogen (secondary N) is 2. The SMILES string of the molecule is CC(C)(C)c1ccc(OCC(=O)Nc2ccccc2C(=O)NCCN)cc1. The van der Waals surface area contributed by atoms with Crippen molar-refractivity contribution in [3.63, 3.8) is 0 Å². The lowest BCUT2D eigenvalue weighted by atomic mass is 9.87. The van der Waals surface area contributed by atoms with Crippen molar-refractivity contribution in [3.05, 3.63) is 59.7 Å². The molecular formula is C21H27N3O3. The Labute approximate surface area is 160 Å². The zero-order valence-electron chi connectivity index (χ0n) is 16.0. The zero-order chi connectivity index (χ0) is 19.9. The van der Waals surface area contributed by atoms with Crippen LogP contribution in [0.25, 0.3) is 0 Å². The molecule has 144 valence electrons. The Morgan fingerprint density at radius 2 is 1.70 bits per heavy atom. The maximum atomic E-state index is 12.2. The molecule has 0 fully saturated rings. The number of amides is 2. The van der Waals surface area contributed by atoms with Crippen LogP contribution in [0.15, 0.2) is 48.5 Å². The number of benzene rings is 2. The molecule has 0 saturated carbocycles. The summed E-state index contributed by atoms with van der Waals surface area (Å²) < 4.78 is 5.54. The molecule has 6 heteroatoms. The van der Waals surface area contributed by atoms with Gasteiger partial charge in [0.25, 0.3) is 11.8 Å². The summed E-state index contributed by atoms with van der Waals surface area (Å²) >= 11 is 0. The van der Waals surface area contributed by atoms with E-state index in [0.29, 0.717) is 30.1 Å². The van der Waals surface area contributed by atoms with Crippen molar-refractivity contribution in [2.45, 2.75) is 26.2 Å². The number of anilines is 1. The standard InChI is InChI=1S/C21H27N3O3/c1-21(2,3)15-8-10-16(11-9-15)27-14-19(25)24-18-7-5-4-6-17(18)20(26)23-13-12-22/h4-11H,12-14,22H2,1-3H3,(H,23,26)(H,24,25). The van der Waals surface area contributed by atoms with Crippen LogP contribution in [-0.2, 0) is 10.2 Å². The fraction of sp³-hybridized carbons (Fsp3) is 0.333. The van der Waals surface area contributed by atoms with Crippen LogP contribution in [0.2, 0.25) is 0 Å². The minimum absolute atomic E-state index is 0.0596. The number of ether oxygens (including phenoxy) is 1. The monoisotopic (exact) mass is 369 g/mol. The molecule has 0 aliphatic rings. The van der Waals surface area contributed by atoms with E-state index in [2.05, 4.69) is 31.4 Å². The Morgan fingerprint density at radius 3 is 2.33 bits per heavy atom. The molecule has 0 atom stereocenters. The molecule has 0 spiro atoms. The van der Waals surface area contributed by atoms with Crippen LogP contribution in [0.4, 0.5) is 5.69 Å². The predicted molar refractivity (Wildman–Crippen MR) is 107 cm³/mol. The average Bonchev–Trinajstić information content (AvgIpc) is 2.64. The fourth-order valence-electron chi connectivity index (χ4n) is 2.46. The van der Waals surface area contributed by atoms with E-state index >= 15 is 0 Å². The molecule has 0 saturated heterocycles. The highest BCUT2D eigenvalue weighted by atomic mass is 16.5. The molecule has 0 heterocycles. The van der Waals surface area contributed by atoms with E-state index in [0.717, 1.165) is 0 Å². The van der Waals surface area contributed by atoms with E-state index in [-0.39, 0.29) is 23.8 Å². The molecule has 0 aliphatic carbocycles. The number of hydrogen-bond donors (Lipinski definition) is 3. The average molecular weight is 369 g/mol. The van der Waals surface area contributed by atoms with Crippen molar-refractivity contribution in [2.24, 2.45) is 5.73 Å². The van der Waals surface area contributed by atoms with Crippen LogP contribution in [0, 0.1) is 0 Å². The minimum atomic E-state index is -0.339. The lowest BCUT2D eigenvalue weighted by molar-refractivity contribution is -0.118. The maximum Gasteiger partial charge on any atom is 0.262 e. The number of hydrogen-bond acceptors (Lipinski definition) is 4. The highest BCUT2D eigenvalue weighted by Gasteiger charge is 2.14. The quantitative estimate of drug-likeness (QED) is 0.699. The number of nitrogens with two attached hydrogens (primary N) is 1. The molecule has 0 aromatic heterocycles. The van der Waals surface area contributed by atoms with Gasteiger partial charge >= 0.3 is 0 Å². The normalized spacial score (nSPS) is 11.0. The second-order valence-corrected chi connectivity index (χ2v) is 7.20. The summed E-state index contributed by atoms with van der Waals surface area (Å²) in [7, 11) is 0. The van der Waals surface area contributed by atoms with Gasteiger partial charge in [-0.1, -0.05) is 45.0 Å². The molecule has 6 nitrogen and oxygen atoms in total. The van der Waals surface area contributed by atoms with Gasteiger partial charge in [-0.3, -0.25) is 9.59 Å². The van der Waals surface area contributed by atoms with Gasteiger partial charge in [0.2, 0.25) is 0 Å². The predicted octanol–water partition coefficient (Wildman–Crippen LogP) is 2.69.